The number of rotatable bonds is 7. The van der Waals surface area contributed by atoms with Gasteiger partial charge in [-0.2, -0.15) is 0 Å². The number of piperidine rings is 1. The van der Waals surface area contributed by atoms with E-state index >= 15 is 0 Å². The van der Waals surface area contributed by atoms with Crippen LogP contribution < -0.4 is 5.73 Å². The van der Waals surface area contributed by atoms with Gasteiger partial charge in [-0.15, -0.1) is 0 Å². The van der Waals surface area contributed by atoms with Crippen molar-refractivity contribution in [3.05, 3.63) is 23.7 Å². The topological polar surface area (TPSA) is 62.7 Å². The molecular weight excluding hydrogens is 278 g/mol. The first-order chi connectivity index (χ1) is 10.6. The Morgan fingerprint density at radius 1 is 1.27 bits per heavy atom. The summed E-state index contributed by atoms with van der Waals surface area (Å²) in [6, 6.07) is 3.97. The molecule has 1 amide bonds. The van der Waals surface area contributed by atoms with Crippen LogP contribution in [-0.4, -0.2) is 47.9 Å². The Hall–Kier alpha value is -1.33. The fourth-order valence-electron chi connectivity index (χ4n) is 2.96. The molecule has 0 aliphatic carbocycles. The molecule has 1 saturated heterocycles. The van der Waals surface area contributed by atoms with Gasteiger partial charge in [-0.05, 0) is 50.9 Å². The molecule has 0 saturated carbocycles. The van der Waals surface area contributed by atoms with E-state index < -0.39 is 0 Å². The van der Waals surface area contributed by atoms with E-state index in [0.29, 0.717) is 5.76 Å². The monoisotopic (exact) mass is 307 g/mol. The van der Waals surface area contributed by atoms with Crippen molar-refractivity contribution < 1.29 is 9.21 Å². The Bertz CT molecular complexity index is 458. The minimum Gasteiger partial charge on any atom is -0.455 e. The molecule has 2 rings (SSSR count). The van der Waals surface area contributed by atoms with E-state index in [9.17, 15) is 4.79 Å². The van der Waals surface area contributed by atoms with Gasteiger partial charge in [0.2, 0.25) is 0 Å². The Morgan fingerprint density at radius 3 is 2.50 bits per heavy atom. The molecule has 1 aromatic rings. The molecule has 0 bridgehead atoms. The molecule has 2 heterocycles. The first-order valence-electron chi connectivity index (χ1n) is 8.50. The molecule has 0 unspecified atom stereocenters. The third-order valence-corrected chi connectivity index (χ3v) is 4.16. The van der Waals surface area contributed by atoms with Crippen molar-refractivity contribution in [2.75, 3.05) is 26.2 Å². The van der Waals surface area contributed by atoms with Gasteiger partial charge in [-0.25, -0.2) is 0 Å². The summed E-state index contributed by atoms with van der Waals surface area (Å²) in [5, 5.41) is 0. The van der Waals surface area contributed by atoms with Gasteiger partial charge >= 0.3 is 0 Å². The summed E-state index contributed by atoms with van der Waals surface area (Å²) < 4.78 is 5.78. The van der Waals surface area contributed by atoms with Gasteiger partial charge in [0.05, 0.1) is 6.54 Å². The van der Waals surface area contributed by atoms with Crippen LogP contribution >= 0.6 is 0 Å². The van der Waals surface area contributed by atoms with Crippen molar-refractivity contribution in [1.29, 1.82) is 0 Å². The highest BCUT2D eigenvalue weighted by molar-refractivity contribution is 5.91. The number of amides is 1. The van der Waals surface area contributed by atoms with Crippen LogP contribution in [0.1, 0.15) is 55.8 Å². The molecular formula is C17H29N3O2. The number of carbonyl (C=O) groups is 1. The van der Waals surface area contributed by atoms with Gasteiger partial charge in [0, 0.05) is 19.1 Å². The molecule has 2 N–H and O–H groups in total. The maximum Gasteiger partial charge on any atom is 0.289 e. The summed E-state index contributed by atoms with van der Waals surface area (Å²) in [7, 11) is 0. The minimum atomic E-state index is -0.00400. The summed E-state index contributed by atoms with van der Waals surface area (Å²) in [6.07, 6.45) is 4.00. The van der Waals surface area contributed by atoms with Crippen LogP contribution in [0.5, 0.6) is 0 Å². The van der Waals surface area contributed by atoms with Crippen molar-refractivity contribution in [1.82, 2.24) is 9.80 Å². The number of hydrogen-bond acceptors (Lipinski definition) is 4. The van der Waals surface area contributed by atoms with E-state index in [1.807, 2.05) is 17.0 Å². The average molecular weight is 307 g/mol. The first kappa shape index (κ1) is 17.0. The number of furan rings is 1. The van der Waals surface area contributed by atoms with E-state index in [-0.39, 0.29) is 11.9 Å². The average Bonchev–Trinajstić information content (AvgIpc) is 2.96. The minimum absolute atomic E-state index is 0.00400. The number of nitrogens with two attached hydrogens (primary N) is 1. The second-order valence-corrected chi connectivity index (χ2v) is 6.17. The highest BCUT2D eigenvalue weighted by Crippen LogP contribution is 2.16. The number of likely N-dealkylation sites (tertiary alicyclic amines) is 1. The second-order valence-electron chi connectivity index (χ2n) is 6.17. The second kappa shape index (κ2) is 8.34. The largest absolute Gasteiger partial charge is 0.455 e. The normalized spacial score (nSPS) is 16.5. The van der Waals surface area contributed by atoms with Crippen LogP contribution in [0.15, 0.2) is 16.5 Å². The predicted octanol–water partition coefficient (Wildman–Crippen LogP) is 2.46. The maximum absolute atomic E-state index is 12.4. The Kier molecular flexibility index (Phi) is 6.46. The molecule has 1 aromatic heterocycles. The van der Waals surface area contributed by atoms with Gasteiger partial charge in [0.1, 0.15) is 5.76 Å². The quantitative estimate of drug-likeness (QED) is 0.840. The van der Waals surface area contributed by atoms with Crippen LogP contribution in [0.25, 0.3) is 0 Å². The lowest BCUT2D eigenvalue weighted by Crippen LogP contribution is -2.42. The van der Waals surface area contributed by atoms with E-state index in [2.05, 4.69) is 18.7 Å². The lowest BCUT2D eigenvalue weighted by molar-refractivity contribution is 0.0678. The Balaban J connectivity index is 1.93. The number of nitrogens with zero attached hydrogens (tertiary/aromatic N) is 2. The van der Waals surface area contributed by atoms with E-state index in [0.717, 1.165) is 64.2 Å². The fraction of sp³-hybridized carbons (Fsp3) is 0.706. The molecule has 5 nitrogen and oxygen atoms in total. The Morgan fingerprint density at radius 2 is 1.91 bits per heavy atom. The third-order valence-electron chi connectivity index (χ3n) is 4.16. The van der Waals surface area contributed by atoms with Crippen molar-refractivity contribution >= 4 is 5.91 Å². The van der Waals surface area contributed by atoms with Gasteiger partial charge in [-0.3, -0.25) is 9.69 Å². The SMILES string of the molecule is CCCN(CCC)Cc1ccc(C(=O)N2CCC(N)CC2)o1. The summed E-state index contributed by atoms with van der Waals surface area (Å²) >= 11 is 0. The van der Waals surface area contributed by atoms with Crippen LogP contribution in [0.2, 0.25) is 0 Å². The third kappa shape index (κ3) is 4.58. The van der Waals surface area contributed by atoms with Crippen molar-refractivity contribution in [2.45, 2.75) is 52.1 Å². The van der Waals surface area contributed by atoms with Crippen molar-refractivity contribution in [3.63, 3.8) is 0 Å². The molecule has 0 atom stereocenters. The smallest absolute Gasteiger partial charge is 0.289 e. The molecule has 22 heavy (non-hydrogen) atoms. The summed E-state index contributed by atoms with van der Waals surface area (Å²) in [4.78, 5) is 16.7. The molecule has 1 fully saturated rings. The van der Waals surface area contributed by atoms with Crippen LogP contribution in [0.3, 0.4) is 0 Å². The highest BCUT2D eigenvalue weighted by atomic mass is 16.4. The Labute approximate surface area is 133 Å². The van der Waals surface area contributed by atoms with Crippen LogP contribution in [0, 0.1) is 0 Å². The molecule has 5 heteroatoms. The zero-order valence-corrected chi connectivity index (χ0v) is 13.9. The molecule has 1 aliphatic heterocycles. The van der Waals surface area contributed by atoms with Crippen molar-refractivity contribution in [3.8, 4) is 0 Å². The first-order valence-corrected chi connectivity index (χ1v) is 8.50. The van der Waals surface area contributed by atoms with Crippen molar-refractivity contribution in [2.24, 2.45) is 5.73 Å². The van der Waals surface area contributed by atoms with Gasteiger partial charge < -0.3 is 15.1 Å². The lowest BCUT2D eigenvalue weighted by atomic mass is 10.1. The maximum atomic E-state index is 12.4. The zero-order chi connectivity index (χ0) is 15.9. The fourth-order valence-corrected chi connectivity index (χ4v) is 2.96. The molecule has 0 radical (unpaired) electrons. The van der Waals surface area contributed by atoms with Gasteiger partial charge in [0.15, 0.2) is 5.76 Å². The molecule has 1 aliphatic rings. The lowest BCUT2D eigenvalue weighted by Gasteiger charge is -2.29. The van der Waals surface area contributed by atoms with Crippen LogP contribution in [0.4, 0.5) is 0 Å². The molecule has 0 aromatic carbocycles. The van der Waals surface area contributed by atoms with E-state index in [4.69, 9.17) is 10.2 Å². The number of hydrogen-bond donors (Lipinski definition) is 1. The van der Waals surface area contributed by atoms with Gasteiger partial charge in [0.25, 0.3) is 5.91 Å². The number of carbonyl (C=O) groups excluding carboxylic acids is 1. The molecule has 0 spiro atoms. The summed E-state index contributed by atoms with van der Waals surface area (Å²) in [5.41, 5.74) is 5.88. The zero-order valence-electron chi connectivity index (χ0n) is 13.9. The summed E-state index contributed by atoms with van der Waals surface area (Å²) in [5.74, 6) is 1.33. The predicted molar refractivity (Wildman–Crippen MR) is 87.7 cm³/mol. The van der Waals surface area contributed by atoms with Crippen LogP contribution in [-0.2, 0) is 6.54 Å². The summed E-state index contributed by atoms with van der Waals surface area (Å²) in [6.45, 7) is 8.72. The van der Waals surface area contributed by atoms with Gasteiger partial charge in [-0.1, -0.05) is 13.8 Å². The standard InChI is InChI=1S/C17H29N3O2/c1-3-9-19(10-4-2)13-15-5-6-16(22-15)17(21)20-11-7-14(18)8-12-20/h5-6,14H,3-4,7-13,18H2,1-2H3. The highest BCUT2D eigenvalue weighted by Gasteiger charge is 2.24. The van der Waals surface area contributed by atoms with E-state index in [1.54, 1.807) is 0 Å². The van der Waals surface area contributed by atoms with E-state index in [1.165, 1.54) is 0 Å². The molecule has 124 valence electrons.